The maximum Gasteiger partial charge on any atom is 0.409 e. The van der Waals surface area contributed by atoms with Crippen molar-refractivity contribution in [2.75, 3.05) is 0 Å². The number of nitrogens with one attached hydrogen (secondary N) is 1. The minimum absolute atomic E-state index is 0.0183. The van der Waals surface area contributed by atoms with Crippen molar-refractivity contribution in [3.63, 3.8) is 0 Å². The highest BCUT2D eigenvalue weighted by Gasteiger charge is 2.53. The first-order valence-corrected chi connectivity index (χ1v) is 7.43. The average molecular weight is 340 g/mol. The van der Waals surface area contributed by atoms with E-state index >= 15 is 0 Å². The van der Waals surface area contributed by atoms with Gasteiger partial charge >= 0.3 is 6.18 Å². The molecule has 24 heavy (non-hydrogen) atoms. The molecule has 1 aliphatic heterocycles. The molecule has 2 aromatic rings. The number of hydrazine groups is 1. The molecule has 1 amide bonds. The zero-order chi connectivity index (χ0) is 17.7. The number of alkyl halides is 3. The van der Waals surface area contributed by atoms with Gasteiger partial charge in [-0.3, -0.25) is 10.2 Å². The molecule has 2 aromatic carbocycles. The van der Waals surface area contributed by atoms with Gasteiger partial charge < -0.3 is 0 Å². The van der Waals surface area contributed by atoms with E-state index in [1.807, 2.05) is 0 Å². The van der Waals surface area contributed by atoms with Crippen LogP contribution in [0.4, 0.5) is 17.6 Å². The van der Waals surface area contributed by atoms with E-state index in [2.05, 4.69) is 5.43 Å². The predicted octanol–water partition coefficient (Wildman–Crippen LogP) is 4.10. The number of carbonyl (C=O) groups is 1. The van der Waals surface area contributed by atoms with Crippen LogP contribution in [0.2, 0.25) is 0 Å². The quantitative estimate of drug-likeness (QED) is 0.835. The van der Waals surface area contributed by atoms with E-state index in [-0.39, 0.29) is 12.0 Å². The highest BCUT2D eigenvalue weighted by Crippen LogP contribution is 2.44. The smallest absolute Gasteiger partial charge is 0.287 e. The number of benzene rings is 2. The molecule has 0 spiro atoms. The van der Waals surface area contributed by atoms with Gasteiger partial charge in [-0.05, 0) is 42.3 Å². The van der Waals surface area contributed by atoms with Crippen molar-refractivity contribution in [2.45, 2.75) is 38.0 Å². The minimum atomic E-state index is -4.61. The number of rotatable bonds is 2. The lowest BCUT2D eigenvalue weighted by Crippen LogP contribution is -2.51. The molecule has 1 heterocycles. The van der Waals surface area contributed by atoms with Gasteiger partial charge in [0, 0.05) is 12.0 Å². The van der Waals surface area contributed by atoms with Crippen LogP contribution in [0.1, 0.15) is 31.9 Å². The standard InChI is InChI=1S/C17H16F4N2O/c1-16(2)9-14(24)22-23(16)15(17(19,20)21)13-5-3-4-10-8-11(18)6-7-12(10)13/h3-8,15H,9H2,1-2H3,(H,22,24)/t15-/m0/s1. The lowest BCUT2D eigenvalue weighted by atomic mass is 9.94. The second kappa shape index (κ2) is 5.44. The summed E-state index contributed by atoms with van der Waals surface area (Å²) < 4.78 is 55.0. The first kappa shape index (κ1) is 16.7. The van der Waals surface area contributed by atoms with Crippen molar-refractivity contribution in [1.82, 2.24) is 10.4 Å². The summed E-state index contributed by atoms with van der Waals surface area (Å²) in [6.45, 7) is 3.16. The summed E-state index contributed by atoms with van der Waals surface area (Å²) in [7, 11) is 0. The van der Waals surface area contributed by atoms with Gasteiger partial charge in [0.15, 0.2) is 6.04 Å². The molecule has 1 saturated heterocycles. The van der Waals surface area contributed by atoms with Crippen molar-refractivity contribution in [1.29, 1.82) is 0 Å². The molecule has 1 fully saturated rings. The summed E-state index contributed by atoms with van der Waals surface area (Å²) in [6, 6.07) is 6.02. The van der Waals surface area contributed by atoms with Gasteiger partial charge in [-0.15, -0.1) is 0 Å². The first-order valence-electron chi connectivity index (χ1n) is 7.43. The molecule has 1 atom stereocenters. The Kier molecular flexibility index (Phi) is 3.79. The Morgan fingerprint density at radius 1 is 1.21 bits per heavy atom. The zero-order valence-electron chi connectivity index (χ0n) is 13.1. The van der Waals surface area contributed by atoms with Crippen molar-refractivity contribution < 1.29 is 22.4 Å². The third kappa shape index (κ3) is 2.84. The summed E-state index contributed by atoms with van der Waals surface area (Å²) in [6.07, 6.45) is -4.64. The number of halogens is 4. The molecule has 1 N–H and O–H groups in total. The van der Waals surface area contributed by atoms with E-state index in [1.165, 1.54) is 24.3 Å². The van der Waals surface area contributed by atoms with Crippen LogP contribution >= 0.6 is 0 Å². The first-order chi connectivity index (χ1) is 11.1. The molecular formula is C17H16F4N2O. The lowest BCUT2D eigenvalue weighted by Gasteiger charge is -2.38. The number of fused-ring (bicyclic) bond motifs is 1. The van der Waals surface area contributed by atoms with Gasteiger partial charge in [0.25, 0.3) is 0 Å². The Morgan fingerprint density at radius 2 is 1.92 bits per heavy atom. The Labute approximate surface area is 136 Å². The lowest BCUT2D eigenvalue weighted by molar-refractivity contribution is -0.203. The van der Waals surface area contributed by atoms with Crippen LogP contribution in [0, 0.1) is 5.82 Å². The van der Waals surface area contributed by atoms with E-state index in [1.54, 1.807) is 19.9 Å². The zero-order valence-corrected chi connectivity index (χ0v) is 13.1. The van der Waals surface area contributed by atoms with Crippen molar-refractivity contribution in [2.24, 2.45) is 0 Å². The normalized spacial score (nSPS) is 19.5. The SMILES string of the molecule is CC1(C)CC(=O)NN1[C@@H](c1cccc2cc(F)ccc12)C(F)(F)F. The van der Waals surface area contributed by atoms with E-state index in [0.29, 0.717) is 10.8 Å². The molecule has 0 bridgehead atoms. The van der Waals surface area contributed by atoms with Gasteiger partial charge in [0.1, 0.15) is 5.82 Å². The maximum atomic E-state index is 13.9. The molecular weight excluding hydrogens is 324 g/mol. The van der Waals surface area contributed by atoms with Crippen LogP contribution in [0.15, 0.2) is 36.4 Å². The van der Waals surface area contributed by atoms with Gasteiger partial charge in [-0.2, -0.15) is 18.2 Å². The number of nitrogens with zero attached hydrogens (tertiary/aromatic N) is 1. The Bertz CT molecular complexity index is 801. The number of hydrogen-bond donors (Lipinski definition) is 1. The number of carbonyl (C=O) groups excluding carboxylic acids is 1. The third-order valence-corrected chi connectivity index (χ3v) is 4.23. The van der Waals surface area contributed by atoms with E-state index < -0.39 is 29.5 Å². The maximum absolute atomic E-state index is 13.9. The fourth-order valence-corrected chi connectivity index (χ4v) is 3.20. The second-order valence-electron chi connectivity index (χ2n) is 6.55. The molecule has 1 aliphatic rings. The Hall–Kier alpha value is -2.15. The molecule has 0 unspecified atom stereocenters. The van der Waals surface area contributed by atoms with Crippen molar-refractivity contribution in [3.8, 4) is 0 Å². The van der Waals surface area contributed by atoms with Gasteiger partial charge in [-0.1, -0.05) is 24.3 Å². The van der Waals surface area contributed by atoms with Crippen LogP contribution in [-0.4, -0.2) is 22.6 Å². The second-order valence-corrected chi connectivity index (χ2v) is 6.55. The van der Waals surface area contributed by atoms with Crippen LogP contribution < -0.4 is 5.43 Å². The number of hydrogen-bond acceptors (Lipinski definition) is 2. The molecule has 0 aromatic heterocycles. The third-order valence-electron chi connectivity index (χ3n) is 4.23. The summed E-state index contributed by atoms with van der Waals surface area (Å²) in [5.41, 5.74) is 1.31. The van der Waals surface area contributed by atoms with Crippen LogP contribution in [0.3, 0.4) is 0 Å². The Balaban J connectivity index is 2.20. The van der Waals surface area contributed by atoms with Crippen LogP contribution in [0.25, 0.3) is 10.8 Å². The number of amides is 1. The molecule has 128 valence electrons. The van der Waals surface area contributed by atoms with E-state index in [4.69, 9.17) is 0 Å². The molecule has 3 rings (SSSR count). The minimum Gasteiger partial charge on any atom is -0.287 e. The van der Waals surface area contributed by atoms with Crippen molar-refractivity contribution in [3.05, 3.63) is 47.8 Å². The highest BCUT2D eigenvalue weighted by molar-refractivity contribution is 5.86. The summed E-state index contributed by atoms with van der Waals surface area (Å²) in [4.78, 5) is 11.7. The fourth-order valence-electron chi connectivity index (χ4n) is 3.20. The van der Waals surface area contributed by atoms with Crippen LogP contribution in [0.5, 0.6) is 0 Å². The molecule has 0 radical (unpaired) electrons. The Morgan fingerprint density at radius 3 is 2.50 bits per heavy atom. The predicted molar refractivity (Wildman–Crippen MR) is 81.4 cm³/mol. The van der Waals surface area contributed by atoms with Gasteiger partial charge in [0.05, 0.1) is 0 Å². The summed E-state index contributed by atoms with van der Waals surface area (Å²) in [5, 5.41) is 1.64. The van der Waals surface area contributed by atoms with Crippen LogP contribution in [-0.2, 0) is 4.79 Å². The summed E-state index contributed by atoms with van der Waals surface area (Å²) in [5.74, 6) is -0.974. The summed E-state index contributed by atoms with van der Waals surface area (Å²) >= 11 is 0. The molecule has 0 saturated carbocycles. The van der Waals surface area contributed by atoms with Crippen molar-refractivity contribution >= 4 is 16.7 Å². The molecule has 7 heteroatoms. The topological polar surface area (TPSA) is 32.3 Å². The largest absolute Gasteiger partial charge is 0.409 e. The van der Waals surface area contributed by atoms with E-state index in [9.17, 15) is 22.4 Å². The molecule has 3 nitrogen and oxygen atoms in total. The van der Waals surface area contributed by atoms with Gasteiger partial charge in [-0.25, -0.2) is 4.39 Å². The fraction of sp³-hybridized carbons (Fsp3) is 0.353. The van der Waals surface area contributed by atoms with Gasteiger partial charge in [0.2, 0.25) is 5.91 Å². The molecule has 0 aliphatic carbocycles. The monoisotopic (exact) mass is 340 g/mol. The average Bonchev–Trinajstić information content (AvgIpc) is 2.70. The highest BCUT2D eigenvalue weighted by atomic mass is 19.4. The van der Waals surface area contributed by atoms with E-state index in [0.717, 1.165) is 11.1 Å².